The number of unbranched alkanes of at least 4 members (excludes halogenated alkanes) is 23. The third-order valence-electron chi connectivity index (χ3n) is 13.6. The maximum atomic E-state index is 13.0. The molecule has 0 aromatic rings. The second kappa shape index (κ2) is 45.8. The van der Waals surface area contributed by atoms with E-state index in [9.17, 15) is 40.5 Å². The monoisotopic (exact) mass is 1040 g/mol. The van der Waals surface area contributed by atoms with Gasteiger partial charge in [-0.15, -0.1) is 0 Å². The lowest BCUT2D eigenvalue weighted by Gasteiger charge is -2.42. The van der Waals surface area contributed by atoms with Crippen LogP contribution >= 0.6 is 0 Å². The Balaban J connectivity index is 1.71. The molecule has 0 aliphatic carbocycles. The van der Waals surface area contributed by atoms with Gasteiger partial charge in [-0.3, -0.25) is 4.79 Å². The Morgan fingerprint density at radius 2 is 0.836 bits per heavy atom. The van der Waals surface area contributed by atoms with Crippen molar-refractivity contribution in [3.8, 4) is 0 Å². The summed E-state index contributed by atoms with van der Waals surface area (Å²) >= 11 is 0. The fraction of sp³-hybridized carbons (Fsp3) is 0.814. The lowest BCUT2D eigenvalue weighted by Crippen LogP contribution is -2.61. The molecule has 424 valence electrons. The number of aliphatic hydroxyl groups excluding tert-OH is 7. The molecule has 11 atom stereocenters. The normalized spacial score (nSPS) is 25.4. The van der Waals surface area contributed by atoms with Crippen LogP contribution in [0.2, 0.25) is 0 Å². The molecule has 0 radical (unpaired) electrons. The zero-order valence-corrected chi connectivity index (χ0v) is 45.4. The highest BCUT2D eigenvalue weighted by atomic mass is 16.7. The van der Waals surface area contributed by atoms with Crippen LogP contribution in [0.4, 0.5) is 0 Å². The molecule has 2 rings (SSSR count). The van der Waals surface area contributed by atoms with Gasteiger partial charge in [0, 0.05) is 6.61 Å². The van der Waals surface area contributed by atoms with Crippen LogP contribution in [-0.2, 0) is 33.2 Å². The van der Waals surface area contributed by atoms with Crippen molar-refractivity contribution in [2.75, 3.05) is 33.0 Å². The molecule has 0 spiro atoms. The third kappa shape index (κ3) is 32.8. The number of hydrogen-bond donors (Lipinski definition) is 7. The number of allylic oxidation sites excluding steroid dienone is 9. The molecule has 0 bridgehead atoms. The molecule has 0 aromatic carbocycles. The van der Waals surface area contributed by atoms with Gasteiger partial charge < -0.3 is 64.2 Å². The van der Waals surface area contributed by atoms with E-state index in [1.807, 2.05) is 12.2 Å². The number of ether oxygens (including phenoxy) is 6. The number of rotatable bonds is 46. The molecule has 14 heteroatoms. The third-order valence-corrected chi connectivity index (χ3v) is 13.6. The lowest BCUT2D eigenvalue weighted by molar-refractivity contribution is -0.332. The lowest BCUT2D eigenvalue weighted by atomic mass is 9.98. The molecule has 0 aromatic heterocycles. The number of carbonyl (C=O) groups is 1. The highest BCUT2D eigenvalue weighted by molar-refractivity contribution is 5.71. The molecule has 2 fully saturated rings. The Kier molecular flexibility index (Phi) is 42.0. The summed E-state index contributed by atoms with van der Waals surface area (Å²) in [6.45, 7) is 3.47. The van der Waals surface area contributed by atoms with Crippen LogP contribution in [0.3, 0.4) is 0 Å². The van der Waals surface area contributed by atoms with E-state index < -0.39 is 86.7 Å². The number of carbonyl (C=O) groups excluding carboxylic acids is 1. The summed E-state index contributed by atoms with van der Waals surface area (Å²) in [4.78, 5) is 13.0. The van der Waals surface area contributed by atoms with Crippen molar-refractivity contribution >= 4 is 5.97 Å². The Labute approximate surface area is 441 Å². The Morgan fingerprint density at radius 1 is 0.452 bits per heavy atom. The van der Waals surface area contributed by atoms with Crippen molar-refractivity contribution in [1.29, 1.82) is 0 Å². The smallest absolute Gasteiger partial charge is 0.310 e. The van der Waals surface area contributed by atoms with E-state index in [1.54, 1.807) is 6.08 Å². The molecular weight excluding hydrogens is 933 g/mol. The van der Waals surface area contributed by atoms with Gasteiger partial charge in [0.2, 0.25) is 0 Å². The molecule has 11 unspecified atom stereocenters. The summed E-state index contributed by atoms with van der Waals surface area (Å²) in [5, 5.41) is 72.2. The molecule has 2 aliphatic heterocycles. The van der Waals surface area contributed by atoms with E-state index in [0.717, 1.165) is 44.9 Å². The molecule has 0 saturated carbocycles. The van der Waals surface area contributed by atoms with Gasteiger partial charge in [-0.25, -0.2) is 0 Å². The second-order valence-corrected chi connectivity index (χ2v) is 20.1. The van der Waals surface area contributed by atoms with Gasteiger partial charge in [-0.1, -0.05) is 222 Å². The summed E-state index contributed by atoms with van der Waals surface area (Å²) in [6, 6.07) is 0. The average molecular weight is 1040 g/mol. The van der Waals surface area contributed by atoms with Crippen LogP contribution in [0.25, 0.3) is 0 Å². The largest absolute Gasteiger partial charge is 0.457 e. The maximum Gasteiger partial charge on any atom is 0.310 e. The molecule has 14 nitrogen and oxygen atoms in total. The SMILES string of the molecule is CC/C=C\C/C=C\C/C=C\C/C=C\C/C=C\CC(=O)OC(COCCCCCCCCCCCCCCCCCCCCCCCCCC)COC1OC(COC2OC(CO)C(O)C(O)C2O)C(O)C(O)C1O. The molecule has 7 N–H and O–H groups in total. The van der Waals surface area contributed by atoms with E-state index >= 15 is 0 Å². The standard InChI is InChI=1S/C59H104O14/c1-3-5-7-9-11-13-15-17-19-20-21-22-23-24-25-26-27-29-31-33-35-37-39-41-43-68-45-48(71-51(61)42-40-38-36-34-32-30-28-18-16-14-12-10-8-6-4-2)46-69-58-57(67)55(65)53(63)50(73-58)47-70-59-56(66)54(64)52(62)49(44-60)72-59/h6,8,12,14,18,28,32,34,38,40,48-50,52-60,62-67H,3-5,7,9-11,13,15-17,19-27,29-31,33,35-37,39,41-47H2,1-2H3/b8-6-,14-12-,28-18-,34-32-,40-38-. The van der Waals surface area contributed by atoms with E-state index in [1.165, 1.54) is 135 Å². The summed E-state index contributed by atoms with van der Waals surface area (Å²) < 4.78 is 34.2. The first-order valence-corrected chi connectivity index (χ1v) is 28.9. The van der Waals surface area contributed by atoms with Crippen LogP contribution < -0.4 is 0 Å². The fourth-order valence-corrected chi connectivity index (χ4v) is 8.95. The Bertz CT molecular complexity index is 1440. The minimum Gasteiger partial charge on any atom is -0.457 e. The van der Waals surface area contributed by atoms with Crippen molar-refractivity contribution in [2.45, 2.75) is 274 Å². The minimum atomic E-state index is -1.72. The van der Waals surface area contributed by atoms with Crippen LogP contribution in [0.5, 0.6) is 0 Å². The van der Waals surface area contributed by atoms with E-state index in [-0.39, 0.29) is 19.6 Å². The highest BCUT2D eigenvalue weighted by Gasteiger charge is 2.47. The number of hydrogen-bond acceptors (Lipinski definition) is 14. The van der Waals surface area contributed by atoms with Crippen LogP contribution in [-0.4, -0.2) is 142 Å². The summed E-state index contributed by atoms with van der Waals surface area (Å²) in [6.07, 6.45) is 40.4. The van der Waals surface area contributed by atoms with Gasteiger partial charge in [0.25, 0.3) is 0 Å². The first-order chi connectivity index (χ1) is 35.6. The fourth-order valence-electron chi connectivity index (χ4n) is 8.95. The van der Waals surface area contributed by atoms with Crippen LogP contribution in [0.1, 0.15) is 206 Å². The van der Waals surface area contributed by atoms with Crippen molar-refractivity contribution in [1.82, 2.24) is 0 Å². The van der Waals surface area contributed by atoms with Crippen LogP contribution in [0, 0.1) is 0 Å². The number of esters is 1. The average Bonchev–Trinajstić information content (AvgIpc) is 3.39. The van der Waals surface area contributed by atoms with Gasteiger partial charge in [0.05, 0.1) is 32.8 Å². The topological polar surface area (TPSA) is 214 Å². The molecule has 2 aliphatic rings. The highest BCUT2D eigenvalue weighted by Crippen LogP contribution is 2.26. The van der Waals surface area contributed by atoms with Crippen LogP contribution in [0.15, 0.2) is 60.8 Å². The Hall–Kier alpha value is -2.31. The maximum absolute atomic E-state index is 13.0. The van der Waals surface area contributed by atoms with Gasteiger partial charge in [0.1, 0.15) is 54.9 Å². The van der Waals surface area contributed by atoms with Crippen molar-refractivity contribution < 1.29 is 69.0 Å². The summed E-state index contributed by atoms with van der Waals surface area (Å²) in [5.74, 6) is -0.500. The summed E-state index contributed by atoms with van der Waals surface area (Å²) in [7, 11) is 0. The van der Waals surface area contributed by atoms with Crippen molar-refractivity contribution in [3.05, 3.63) is 60.8 Å². The quantitative estimate of drug-likeness (QED) is 0.0172. The van der Waals surface area contributed by atoms with Crippen molar-refractivity contribution in [2.24, 2.45) is 0 Å². The predicted molar refractivity (Wildman–Crippen MR) is 289 cm³/mol. The molecule has 2 heterocycles. The first kappa shape index (κ1) is 66.8. The predicted octanol–water partition coefficient (Wildman–Crippen LogP) is 10.1. The molecule has 2 saturated heterocycles. The van der Waals surface area contributed by atoms with E-state index in [0.29, 0.717) is 13.0 Å². The summed E-state index contributed by atoms with van der Waals surface area (Å²) in [5.41, 5.74) is 0. The van der Waals surface area contributed by atoms with Gasteiger partial charge in [0.15, 0.2) is 12.6 Å². The molecule has 73 heavy (non-hydrogen) atoms. The van der Waals surface area contributed by atoms with Gasteiger partial charge >= 0.3 is 5.97 Å². The van der Waals surface area contributed by atoms with Gasteiger partial charge in [-0.2, -0.15) is 0 Å². The number of aliphatic hydroxyl groups is 7. The van der Waals surface area contributed by atoms with Gasteiger partial charge in [-0.05, 0) is 38.5 Å². The minimum absolute atomic E-state index is 0.0222. The zero-order valence-electron chi connectivity index (χ0n) is 45.4. The molecular formula is C59H104O14. The second-order valence-electron chi connectivity index (χ2n) is 20.1. The molecule has 0 amide bonds. The first-order valence-electron chi connectivity index (χ1n) is 28.9. The Morgan fingerprint density at radius 3 is 1.27 bits per heavy atom. The zero-order chi connectivity index (χ0) is 53.0. The van der Waals surface area contributed by atoms with E-state index in [2.05, 4.69) is 56.4 Å². The van der Waals surface area contributed by atoms with E-state index in [4.69, 9.17) is 28.4 Å². The van der Waals surface area contributed by atoms with Crippen molar-refractivity contribution in [3.63, 3.8) is 0 Å².